The lowest BCUT2D eigenvalue weighted by atomic mass is 10.1. The Hall–Kier alpha value is -1.06. The van der Waals surface area contributed by atoms with E-state index in [0.29, 0.717) is 12.6 Å². The molecule has 1 aromatic carbocycles. The Kier molecular flexibility index (Phi) is 12.5. The van der Waals surface area contributed by atoms with Gasteiger partial charge in [-0.2, -0.15) is 0 Å². The molecular weight excluding hydrogens is 467 g/mol. The Morgan fingerprint density at radius 2 is 2.14 bits per heavy atom. The van der Waals surface area contributed by atoms with Crippen molar-refractivity contribution in [1.82, 2.24) is 10.6 Å². The average molecular weight is 504 g/mol. The summed E-state index contributed by atoms with van der Waals surface area (Å²) in [6.45, 7) is 8.94. The lowest BCUT2D eigenvalue weighted by Crippen LogP contribution is -2.38. The van der Waals surface area contributed by atoms with Crippen LogP contribution in [0.4, 0.5) is 5.69 Å². The maximum absolute atomic E-state index is 5.71. The van der Waals surface area contributed by atoms with E-state index in [1.165, 1.54) is 16.8 Å². The highest BCUT2D eigenvalue weighted by Gasteiger charge is 2.14. The summed E-state index contributed by atoms with van der Waals surface area (Å²) in [7, 11) is 4.12. The number of guanidine groups is 1. The SMILES string of the molecule is CCNC(=NCc1ccc(N(C)C)cc1C)NCCCOCC1CCCO1.I. The van der Waals surface area contributed by atoms with Gasteiger partial charge in [-0.05, 0) is 56.4 Å². The standard InChI is InChI=1S/C21H36N4O2.HI/c1-5-22-21(23-11-7-12-26-16-20-8-6-13-27-20)24-15-18-9-10-19(25(3)4)14-17(18)2;/h9-10,14,20H,5-8,11-13,15-16H2,1-4H3,(H2,22,23,24);1H. The number of rotatable bonds is 10. The molecular formula is C21H37IN4O2. The van der Waals surface area contributed by atoms with E-state index in [1.54, 1.807) is 0 Å². The number of ether oxygens (including phenoxy) is 2. The molecule has 0 spiro atoms. The van der Waals surface area contributed by atoms with Crippen LogP contribution in [0.2, 0.25) is 0 Å². The van der Waals surface area contributed by atoms with Crippen molar-refractivity contribution >= 4 is 35.6 Å². The molecule has 1 unspecified atom stereocenters. The normalized spacial score (nSPS) is 16.6. The molecule has 0 aromatic heterocycles. The molecule has 6 nitrogen and oxygen atoms in total. The summed E-state index contributed by atoms with van der Waals surface area (Å²) in [6.07, 6.45) is 3.55. The summed E-state index contributed by atoms with van der Waals surface area (Å²) in [5.74, 6) is 0.854. The largest absolute Gasteiger partial charge is 0.379 e. The first-order chi connectivity index (χ1) is 13.1. The molecule has 7 heteroatoms. The van der Waals surface area contributed by atoms with E-state index in [-0.39, 0.29) is 24.0 Å². The van der Waals surface area contributed by atoms with Crippen molar-refractivity contribution in [2.24, 2.45) is 4.99 Å². The third-order valence-corrected chi connectivity index (χ3v) is 4.68. The van der Waals surface area contributed by atoms with Crippen LogP contribution in [0, 0.1) is 6.92 Å². The smallest absolute Gasteiger partial charge is 0.191 e. The molecule has 2 rings (SSSR count). The quantitative estimate of drug-likeness (QED) is 0.222. The van der Waals surface area contributed by atoms with Gasteiger partial charge in [0.15, 0.2) is 5.96 Å². The number of nitrogens with zero attached hydrogens (tertiary/aromatic N) is 2. The molecule has 0 radical (unpaired) electrons. The van der Waals surface area contributed by atoms with Crippen molar-refractivity contribution in [2.75, 3.05) is 51.9 Å². The molecule has 0 saturated carbocycles. The minimum Gasteiger partial charge on any atom is -0.379 e. The maximum atomic E-state index is 5.71. The van der Waals surface area contributed by atoms with Gasteiger partial charge in [-0.15, -0.1) is 24.0 Å². The van der Waals surface area contributed by atoms with Crippen LogP contribution in [0.3, 0.4) is 0 Å². The minimum atomic E-state index is 0. The highest BCUT2D eigenvalue weighted by atomic mass is 127. The molecule has 28 heavy (non-hydrogen) atoms. The molecule has 1 heterocycles. The van der Waals surface area contributed by atoms with E-state index in [0.717, 1.165) is 58.1 Å². The Balaban J connectivity index is 0.00000392. The molecule has 1 atom stereocenters. The summed E-state index contributed by atoms with van der Waals surface area (Å²) >= 11 is 0. The summed E-state index contributed by atoms with van der Waals surface area (Å²) < 4.78 is 11.3. The first-order valence-corrected chi connectivity index (χ1v) is 10.1. The van der Waals surface area contributed by atoms with Crippen LogP contribution < -0.4 is 15.5 Å². The summed E-state index contributed by atoms with van der Waals surface area (Å²) in [4.78, 5) is 6.84. The van der Waals surface area contributed by atoms with E-state index in [9.17, 15) is 0 Å². The first kappa shape index (κ1) is 25.0. The number of aliphatic imine (C=N–C) groups is 1. The molecule has 0 bridgehead atoms. The number of halogens is 1. The maximum Gasteiger partial charge on any atom is 0.191 e. The highest BCUT2D eigenvalue weighted by molar-refractivity contribution is 14.0. The van der Waals surface area contributed by atoms with E-state index >= 15 is 0 Å². The minimum absolute atomic E-state index is 0. The molecule has 160 valence electrons. The lowest BCUT2D eigenvalue weighted by molar-refractivity contribution is 0.0168. The van der Waals surface area contributed by atoms with E-state index < -0.39 is 0 Å². The molecule has 0 amide bonds. The van der Waals surface area contributed by atoms with Crippen LogP contribution in [0.1, 0.15) is 37.3 Å². The molecule has 1 aromatic rings. The van der Waals surface area contributed by atoms with E-state index in [2.05, 4.69) is 61.7 Å². The van der Waals surface area contributed by atoms with Gasteiger partial charge in [0.2, 0.25) is 0 Å². The van der Waals surface area contributed by atoms with Crippen molar-refractivity contribution in [3.63, 3.8) is 0 Å². The number of hydrogen-bond donors (Lipinski definition) is 2. The fourth-order valence-corrected chi connectivity index (χ4v) is 3.01. The third kappa shape index (κ3) is 8.96. The average Bonchev–Trinajstić information content (AvgIpc) is 3.16. The Bertz CT molecular complexity index is 590. The fraction of sp³-hybridized carbons (Fsp3) is 0.667. The number of hydrogen-bond acceptors (Lipinski definition) is 4. The lowest BCUT2D eigenvalue weighted by Gasteiger charge is -2.15. The molecule has 1 aliphatic heterocycles. The third-order valence-electron chi connectivity index (χ3n) is 4.68. The Morgan fingerprint density at radius 1 is 1.32 bits per heavy atom. The van der Waals surface area contributed by atoms with Crippen LogP contribution in [-0.4, -0.2) is 59.1 Å². The Morgan fingerprint density at radius 3 is 2.79 bits per heavy atom. The predicted octanol–water partition coefficient (Wildman–Crippen LogP) is 3.32. The molecule has 1 saturated heterocycles. The van der Waals surface area contributed by atoms with Gasteiger partial charge >= 0.3 is 0 Å². The van der Waals surface area contributed by atoms with Gasteiger partial charge in [0.05, 0.1) is 19.3 Å². The van der Waals surface area contributed by atoms with E-state index in [4.69, 9.17) is 14.5 Å². The molecule has 1 aliphatic rings. The second-order valence-corrected chi connectivity index (χ2v) is 7.19. The number of aryl methyl sites for hydroxylation is 1. The van der Waals surface area contributed by atoms with Gasteiger partial charge in [-0.1, -0.05) is 6.07 Å². The van der Waals surface area contributed by atoms with Crippen molar-refractivity contribution in [2.45, 2.75) is 45.8 Å². The van der Waals surface area contributed by atoms with Crippen LogP contribution in [-0.2, 0) is 16.0 Å². The van der Waals surface area contributed by atoms with Crippen molar-refractivity contribution in [1.29, 1.82) is 0 Å². The Labute approximate surface area is 187 Å². The second kappa shape index (κ2) is 14.0. The van der Waals surface area contributed by atoms with Gasteiger partial charge in [0.25, 0.3) is 0 Å². The van der Waals surface area contributed by atoms with Crippen LogP contribution in [0.25, 0.3) is 0 Å². The number of benzene rings is 1. The number of anilines is 1. The van der Waals surface area contributed by atoms with Gasteiger partial charge in [0, 0.05) is 46.1 Å². The van der Waals surface area contributed by atoms with Crippen molar-refractivity contribution in [3.8, 4) is 0 Å². The van der Waals surface area contributed by atoms with Gasteiger partial charge in [-0.3, -0.25) is 0 Å². The van der Waals surface area contributed by atoms with Crippen LogP contribution >= 0.6 is 24.0 Å². The van der Waals surface area contributed by atoms with Crippen LogP contribution in [0.5, 0.6) is 0 Å². The zero-order chi connectivity index (χ0) is 19.5. The van der Waals surface area contributed by atoms with Gasteiger partial charge in [-0.25, -0.2) is 4.99 Å². The fourth-order valence-electron chi connectivity index (χ4n) is 3.01. The van der Waals surface area contributed by atoms with Crippen molar-refractivity contribution < 1.29 is 9.47 Å². The summed E-state index contributed by atoms with van der Waals surface area (Å²) in [6, 6.07) is 6.51. The van der Waals surface area contributed by atoms with Gasteiger partial charge < -0.3 is 25.0 Å². The van der Waals surface area contributed by atoms with Gasteiger partial charge in [0.1, 0.15) is 0 Å². The second-order valence-electron chi connectivity index (χ2n) is 7.19. The zero-order valence-corrected chi connectivity index (χ0v) is 20.1. The molecule has 0 aliphatic carbocycles. The van der Waals surface area contributed by atoms with E-state index in [1.807, 2.05) is 0 Å². The number of nitrogens with one attached hydrogen (secondary N) is 2. The highest BCUT2D eigenvalue weighted by Crippen LogP contribution is 2.18. The van der Waals surface area contributed by atoms with Crippen LogP contribution in [0.15, 0.2) is 23.2 Å². The molecule has 2 N–H and O–H groups in total. The zero-order valence-electron chi connectivity index (χ0n) is 17.8. The summed E-state index contributed by atoms with van der Waals surface area (Å²) in [5.41, 5.74) is 3.73. The summed E-state index contributed by atoms with van der Waals surface area (Å²) in [5, 5.41) is 6.70. The first-order valence-electron chi connectivity index (χ1n) is 10.1. The monoisotopic (exact) mass is 504 g/mol. The predicted molar refractivity (Wildman–Crippen MR) is 128 cm³/mol. The topological polar surface area (TPSA) is 58.1 Å². The van der Waals surface area contributed by atoms with Crippen molar-refractivity contribution in [3.05, 3.63) is 29.3 Å². The molecule has 1 fully saturated rings.